The number of fused-ring (bicyclic) bond motifs is 6. The molecule has 0 aliphatic carbocycles. The Morgan fingerprint density at radius 3 is 1.12 bits per heavy atom. The second kappa shape index (κ2) is 15.8. The van der Waals surface area contributed by atoms with Gasteiger partial charge in [-0.05, 0) is 0 Å². The summed E-state index contributed by atoms with van der Waals surface area (Å²) in [6.07, 6.45) is 0. The van der Waals surface area contributed by atoms with Crippen LogP contribution < -0.4 is 10.4 Å². The molecule has 6 rings (SSSR count). The van der Waals surface area contributed by atoms with Gasteiger partial charge in [-0.15, -0.1) is 81.0 Å². The van der Waals surface area contributed by atoms with Crippen LogP contribution in [0.5, 0.6) is 0 Å². The monoisotopic (exact) mass is 694 g/mol. The number of rotatable bonds is 2. The molecular weight excluding hydrogens is 655 g/mol. The van der Waals surface area contributed by atoms with Crippen LogP contribution in [0.4, 0.5) is 0 Å². The summed E-state index contributed by atoms with van der Waals surface area (Å²) in [6, 6.07) is 35.8. The number of halogens is 2. The predicted octanol–water partition coefficient (Wildman–Crippen LogP) is 9.88. The summed E-state index contributed by atoms with van der Waals surface area (Å²) in [5, 5.41) is 14.2. The summed E-state index contributed by atoms with van der Waals surface area (Å²) in [7, 11) is -2.41. The molecule has 0 nitrogen and oxygen atoms in total. The average Bonchev–Trinajstić information content (AvgIpc) is 3.51. The molecule has 0 saturated heterocycles. The quantitative estimate of drug-likeness (QED) is 0.125. The van der Waals surface area contributed by atoms with E-state index in [9.17, 15) is 0 Å². The van der Waals surface area contributed by atoms with Crippen LogP contribution in [0, 0.1) is 14.9 Å². The molecule has 0 atom stereocenters. The van der Waals surface area contributed by atoms with Crippen molar-refractivity contribution >= 4 is 101 Å². The van der Waals surface area contributed by atoms with E-state index in [1.807, 2.05) is 0 Å². The molecule has 0 aromatic heterocycles. The van der Waals surface area contributed by atoms with Crippen LogP contribution >= 0.6 is 24.8 Å². The SMILES string of the molecule is C[Si](C)(C)c1cc2ccc3ccccc3c2[cH-]1.C[Si](C)(C)c1cc2ccc3ccccc3c2[cH-]1.Cl.Cl.[CH3-].[CH3-].[Si]=[Zr]. The van der Waals surface area contributed by atoms with Crippen molar-refractivity contribution in [3.63, 3.8) is 0 Å². The summed E-state index contributed by atoms with van der Waals surface area (Å²) in [4.78, 5) is 0. The third-order valence-electron chi connectivity index (χ3n) is 6.96. The molecule has 6 aromatic carbocycles. The Morgan fingerprint density at radius 2 is 0.800 bits per heavy atom. The van der Waals surface area contributed by atoms with Crippen LogP contribution in [0.1, 0.15) is 0 Å². The molecule has 0 fully saturated rings. The summed E-state index contributed by atoms with van der Waals surface area (Å²) in [5.74, 6) is 0. The van der Waals surface area contributed by atoms with Crippen molar-refractivity contribution in [1.82, 2.24) is 0 Å². The third kappa shape index (κ3) is 8.40. The molecule has 0 heterocycles. The zero-order valence-electron chi connectivity index (χ0n) is 25.1. The van der Waals surface area contributed by atoms with E-state index in [-0.39, 0.29) is 39.7 Å². The normalized spacial score (nSPS) is 10.6. The van der Waals surface area contributed by atoms with Crippen molar-refractivity contribution in [1.29, 1.82) is 0 Å². The van der Waals surface area contributed by atoms with E-state index < -0.39 is 16.1 Å². The summed E-state index contributed by atoms with van der Waals surface area (Å²) >= 11 is 1.36. The van der Waals surface area contributed by atoms with Gasteiger partial charge < -0.3 is 14.9 Å². The van der Waals surface area contributed by atoms with E-state index in [0.29, 0.717) is 0 Å². The molecule has 0 spiro atoms. The second-order valence-corrected chi connectivity index (χ2v) is 21.7. The third-order valence-corrected chi connectivity index (χ3v) is 11.0. The zero-order valence-corrected chi connectivity index (χ0v) is 32.1. The van der Waals surface area contributed by atoms with Gasteiger partial charge in [-0.2, -0.15) is 12.1 Å². The van der Waals surface area contributed by atoms with Crippen LogP contribution in [0.3, 0.4) is 0 Å². The van der Waals surface area contributed by atoms with Gasteiger partial charge in [0.15, 0.2) is 0 Å². The second-order valence-electron chi connectivity index (χ2n) is 11.6. The van der Waals surface area contributed by atoms with E-state index in [1.165, 1.54) is 66.4 Å². The van der Waals surface area contributed by atoms with Gasteiger partial charge in [0.25, 0.3) is 0 Å². The Hall–Kier alpha value is -1.27. The van der Waals surface area contributed by atoms with Gasteiger partial charge in [-0.3, -0.25) is 0 Å². The molecule has 6 aromatic rings. The average molecular weight is 697 g/mol. The fourth-order valence-electron chi connectivity index (χ4n) is 4.79. The van der Waals surface area contributed by atoms with Gasteiger partial charge in [0.2, 0.25) is 0 Å². The first kappa shape index (κ1) is 38.7. The Labute approximate surface area is 273 Å². The summed E-state index contributed by atoms with van der Waals surface area (Å²) in [6.45, 7) is 17.5. The van der Waals surface area contributed by atoms with Crippen LogP contribution in [0.15, 0.2) is 97.1 Å². The van der Waals surface area contributed by atoms with E-state index >= 15 is 0 Å². The van der Waals surface area contributed by atoms with Crippen LogP contribution in [0.25, 0.3) is 43.1 Å². The molecule has 2 radical (unpaired) electrons. The predicted molar refractivity (Wildman–Crippen MR) is 193 cm³/mol. The minimum absolute atomic E-state index is 0. The molecule has 0 amide bonds. The van der Waals surface area contributed by atoms with Gasteiger partial charge in [0.05, 0.1) is 16.1 Å². The minimum atomic E-state index is -1.20. The Balaban J connectivity index is 0.000000655. The first-order chi connectivity index (χ1) is 17.1. The number of hydrogen-bond donors (Lipinski definition) is 0. The molecule has 0 N–H and O–H groups in total. The standard InChI is InChI=1S/2C16H17Si.2CH3.2ClH.Si.Zr/c2*1-17(2,3)14-10-13-9-8-12-6-4-5-7-15(12)16(13)11-14;;;;;;/h2*4-11H,1-3H3;2*1H3;2*1H;;/q4*-1;;;;. The molecule has 212 valence electrons. The van der Waals surface area contributed by atoms with Crippen LogP contribution in [-0.2, 0) is 23.3 Å². The summed E-state index contributed by atoms with van der Waals surface area (Å²) < 4.78 is 0. The van der Waals surface area contributed by atoms with E-state index in [4.69, 9.17) is 0 Å². The molecule has 0 unspecified atom stereocenters. The Kier molecular flexibility index (Phi) is 15.3. The first-order valence-electron chi connectivity index (χ1n) is 12.5. The maximum atomic E-state index is 3.06. The van der Waals surface area contributed by atoms with Gasteiger partial charge in [-0.25, -0.2) is 0 Å². The first-order valence-corrected chi connectivity index (χ1v) is 23.7. The van der Waals surface area contributed by atoms with Gasteiger partial charge >= 0.3 is 30.2 Å². The van der Waals surface area contributed by atoms with Crippen molar-refractivity contribution in [2.24, 2.45) is 0 Å². The zero-order chi connectivity index (χ0) is 26.1. The van der Waals surface area contributed by atoms with Gasteiger partial charge in [-0.1, -0.05) is 121 Å². The Bertz CT molecular complexity index is 1530. The molecule has 0 aliphatic heterocycles. The topological polar surface area (TPSA) is 0 Å². The number of hydrogen-bond acceptors (Lipinski definition) is 0. The molecule has 0 saturated carbocycles. The van der Waals surface area contributed by atoms with Gasteiger partial charge in [0, 0.05) is 0 Å². The van der Waals surface area contributed by atoms with Crippen molar-refractivity contribution in [3.05, 3.63) is 112 Å². The molecule has 6 heteroatoms. The van der Waals surface area contributed by atoms with Crippen molar-refractivity contribution in [2.45, 2.75) is 39.3 Å². The molecule has 0 bridgehead atoms. The van der Waals surface area contributed by atoms with Crippen molar-refractivity contribution < 1.29 is 23.3 Å². The van der Waals surface area contributed by atoms with Crippen molar-refractivity contribution in [2.75, 3.05) is 0 Å². The number of benzene rings is 4. The van der Waals surface area contributed by atoms with Crippen molar-refractivity contribution in [3.8, 4) is 0 Å². The fraction of sp³-hybridized carbons (Fsp3) is 0.176. The maximum absolute atomic E-state index is 3.06. The van der Waals surface area contributed by atoms with Gasteiger partial charge in [0.1, 0.15) is 0 Å². The molecule has 0 aliphatic rings. The van der Waals surface area contributed by atoms with Crippen LogP contribution in [0.2, 0.25) is 39.3 Å². The van der Waals surface area contributed by atoms with Crippen LogP contribution in [-0.4, -0.2) is 23.0 Å². The van der Waals surface area contributed by atoms with E-state index in [2.05, 4.69) is 143 Å². The molecular formula is C34H42Cl2Si3Zr-4. The molecule has 40 heavy (non-hydrogen) atoms. The van der Waals surface area contributed by atoms with E-state index in [0.717, 1.165) is 0 Å². The summed E-state index contributed by atoms with van der Waals surface area (Å²) in [5.41, 5.74) is 0. The van der Waals surface area contributed by atoms with E-state index in [1.54, 1.807) is 10.4 Å². The Morgan fingerprint density at radius 1 is 0.500 bits per heavy atom. The fourth-order valence-corrected chi connectivity index (χ4v) is 7.13.